The van der Waals surface area contributed by atoms with Crippen LogP contribution >= 0.6 is 0 Å². The number of benzene rings is 1. The number of rotatable bonds is 6. The fourth-order valence-corrected chi connectivity index (χ4v) is 2.92. The van der Waals surface area contributed by atoms with Crippen LogP contribution in [0.2, 0.25) is 0 Å². The Morgan fingerprint density at radius 1 is 1.31 bits per heavy atom. The molecule has 29 heavy (non-hydrogen) atoms. The fraction of sp³-hybridized carbons (Fsp3) is 0.400. The van der Waals surface area contributed by atoms with Gasteiger partial charge in [0.1, 0.15) is 24.3 Å². The number of aliphatic hydroxyl groups excluding tert-OH is 1. The lowest BCUT2D eigenvalue weighted by molar-refractivity contribution is -0.156. The Morgan fingerprint density at radius 2 is 2.03 bits per heavy atom. The number of carbonyl (C=O) groups is 2. The van der Waals surface area contributed by atoms with Crippen LogP contribution in [0.3, 0.4) is 0 Å². The third kappa shape index (κ3) is 4.87. The second kappa shape index (κ2) is 8.97. The van der Waals surface area contributed by atoms with Crippen molar-refractivity contribution in [2.45, 2.75) is 38.7 Å². The summed E-state index contributed by atoms with van der Waals surface area (Å²) in [7, 11) is 0. The third-order valence-electron chi connectivity index (χ3n) is 4.52. The van der Waals surface area contributed by atoms with Gasteiger partial charge in [0, 0.05) is 18.2 Å². The van der Waals surface area contributed by atoms with Gasteiger partial charge in [-0.1, -0.05) is 32.0 Å². The zero-order valence-corrected chi connectivity index (χ0v) is 16.1. The number of carbonyl (C=O) groups excluding carboxylic acids is 2. The maximum absolute atomic E-state index is 12.4. The SMILES string of the molecule is CC(C)C(=O)OC1CC(n2ccc(NC(=O)c3ccccc3)nc2=O)OC1CO. The van der Waals surface area contributed by atoms with Crippen molar-refractivity contribution < 1.29 is 24.2 Å². The number of hydrogen-bond acceptors (Lipinski definition) is 7. The van der Waals surface area contributed by atoms with Crippen molar-refractivity contribution in [2.24, 2.45) is 5.92 Å². The van der Waals surface area contributed by atoms with Gasteiger partial charge in [0.25, 0.3) is 5.91 Å². The first-order chi connectivity index (χ1) is 13.9. The normalized spacial score (nSPS) is 21.2. The van der Waals surface area contributed by atoms with E-state index in [-0.39, 0.29) is 30.7 Å². The molecule has 9 nitrogen and oxygen atoms in total. The van der Waals surface area contributed by atoms with Crippen LogP contribution in [0.5, 0.6) is 0 Å². The summed E-state index contributed by atoms with van der Waals surface area (Å²) in [5.74, 6) is -0.986. The number of ether oxygens (including phenoxy) is 2. The average molecular weight is 401 g/mol. The van der Waals surface area contributed by atoms with Crippen LogP contribution in [-0.2, 0) is 14.3 Å². The predicted octanol–water partition coefficient (Wildman–Crippen LogP) is 1.34. The molecule has 0 saturated carbocycles. The minimum Gasteiger partial charge on any atom is -0.459 e. The molecular weight excluding hydrogens is 378 g/mol. The van der Waals surface area contributed by atoms with Gasteiger partial charge in [0.15, 0.2) is 0 Å². The number of hydrogen-bond donors (Lipinski definition) is 2. The monoisotopic (exact) mass is 401 g/mol. The van der Waals surface area contributed by atoms with E-state index in [4.69, 9.17) is 9.47 Å². The second-order valence-corrected chi connectivity index (χ2v) is 7.00. The summed E-state index contributed by atoms with van der Waals surface area (Å²) >= 11 is 0. The summed E-state index contributed by atoms with van der Waals surface area (Å²) in [4.78, 5) is 40.3. The maximum Gasteiger partial charge on any atom is 0.351 e. The van der Waals surface area contributed by atoms with Crippen LogP contribution in [0.1, 0.15) is 36.9 Å². The molecule has 154 valence electrons. The highest BCUT2D eigenvalue weighted by atomic mass is 16.6. The predicted molar refractivity (Wildman–Crippen MR) is 103 cm³/mol. The van der Waals surface area contributed by atoms with Crippen LogP contribution in [0.4, 0.5) is 5.82 Å². The van der Waals surface area contributed by atoms with Crippen molar-refractivity contribution in [1.29, 1.82) is 0 Å². The molecule has 1 aliphatic rings. The maximum atomic E-state index is 12.4. The highest BCUT2D eigenvalue weighted by Gasteiger charge is 2.39. The molecule has 0 aliphatic carbocycles. The zero-order chi connectivity index (χ0) is 21.0. The highest BCUT2D eigenvalue weighted by molar-refractivity contribution is 6.03. The molecule has 1 amide bonds. The lowest BCUT2D eigenvalue weighted by Crippen LogP contribution is -2.31. The first-order valence-electron chi connectivity index (χ1n) is 9.31. The van der Waals surface area contributed by atoms with Crippen LogP contribution in [-0.4, -0.2) is 45.3 Å². The number of aliphatic hydroxyl groups is 1. The Hall–Kier alpha value is -3.04. The van der Waals surface area contributed by atoms with E-state index in [0.717, 1.165) is 0 Å². The molecule has 3 unspecified atom stereocenters. The molecule has 1 fully saturated rings. The number of esters is 1. The van der Waals surface area contributed by atoms with E-state index in [1.807, 2.05) is 0 Å². The first-order valence-corrected chi connectivity index (χ1v) is 9.31. The summed E-state index contributed by atoms with van der Waals surface area (Å²) in [6.45, 7) is 3.07. The van der Waals surface area contributed by atoms with Gasteiger partial charge < -0.3 is 19.9 Å². The average Bonchev–Trinajstić information content (AvgIpc) is 3.11. The Bertz CT molecular complexity index is 927. The summed E-state index contributed by atoms with van der Waals surface area (Å²) in [5.41, 5.74) is -0.188. The Balaban J connectivity index is 1.71. The Labute approximate surface area is 167 Å². The quantitative estimate of drug-likeness (QED) is 0.701. The summed E-state index contributed by atoms with van der Waals surface area (Å²) in [6, 6.07) is 10.0. The topological polar surface area (TPSA) is 120 Å². The number of aromatic nitrogens is 2. The van der Waals surface area contributed by atoms with Crippen molar-refractivity contribution in [3.63, 3.8) is 0 Å². The van der Waals surface area contributed by atoms with Crippen molar-refractivity contribution >= 4 is 17.7 Å². The number of amides is 1. The number of anilines is 1. The molecule has 0 radical (unpaired) electrons. The van der Waals surface area contributed by atoms with Gasteiger partial charge in [0.05, 0.1) is 12.5 Å². The minimum atomic E-state index is -0.740. The molecule has 2 N–H and O–H groups in total. The molecule has 2 aromatic rings. The molecule has 3 atom stereocenters. The molecular formula is C20H23N3O6. The molecule has 0 bridgehead atoms. The van der Waals surface area contributed by atoms with E-state index in [2.05, 4.69) is 10.3 Å². The van der Waals surface area contributed by atoms with Crippen LogP contribution < -0.4 is 11.0 Å². The smallest absolute Gasteiger partial charge is 0.351 e. The minimum absolute atomic E-state index is 0.111. The second-order valence-electron chi connectivity index (χ2n) is 7.00. The molecule has 1 aliphatic heterocycles. The fourth-order valence-electron chi connectivity index (χ4n) is 2.92. The summed E-state index contributed by atoms with van der Waals surface area (Å²) in [5, 5.41) is 12.1. The van der Waals surface area contributed by atoms with Crippen molar-refractivity contribution in [3.05, 3.63) is 58.6 Å². The van der Waals surface area contributed by atoms with E-state index in [9.17, 15) is 19.5 Å². The van der Waals surface area contributed by atoms with Crippen LogP contribution in [0.25, 0.3) is 0 Å². The van der Waals surface area contributed by atoms with Crippen LogP contribution in [0.15, 0.2) is 47.4 Å². The van der Waals surface area contributed by atoms with E-state index >= 15 is 0 Å². The van der Waals surface area contributed by atoms with Gasteiger partial charge in [-0.2, -0.15) is 4.98 Å². The third-order valence-corrected chi connectivity index (χ3v) is 4.52. The van der Waals surface area contributed by atoms with E-state index in [1.54, 1.807) is 44.2 Å². The van der Waals surface area contributed by atoms with Gasteiger partial charge in [-0.3, -0.25) is 14.2 Å². The molecule has 9 heteroatoms. The lowest BCUT2D eigenvalue weighted by atomic mass is 10.1. The van der Waals surface area contributed by atoms with Gasteiger partial charge in [-0.05, 0) is 18.2 Å². The van der Waals surface area contributed by atoms with E-state index < -0.39 is 30.1 Å². The highest BCUT2D eigenvalue weighted by Crippen LogP contribution is 2.30. The summed E-state index contributed by atoms with van der Waals surface area (Å²) in [6.07, 6.45) is -0.477. The molecule has 1 saturated heterocycles. The largest absolute Gasteiger partial charge is 0.459 e. The zero-order valence-electron chi connectivity index (χ0n) is 16.1. The van der Waals surface area contributed by atoms with Crippen molar-refractivity contribution in [1.82, 2.24) is 9.55 Å². The Morgan fingerprint density at radius 3 is 2.66 bits per heavy atom. The van der Waals surface area contributed by atoms with E-state index in [1.165, 1.54) is 16.8 Å². The summed E-state index contributed by atoms with van der Waals surface area (Å²) < 4.78 is 12.3. The standard InChI is InChI=1S/C20H23N3O6/c1-12(2)19(26)29-14-10-17(28-15(14)11-24)23-9-8-16(22-20(23)27)21-18(25)13-6-4-3-5-7-13/h3-9,12,14-15,17,24H,10-11H2,1-2H3,(H,21,22,25,27). The van der Waals surface area contributed by atoms with E-state index in [0.29, 0.717) is 5.56 Å². The van der Waals surface area contributed by atoms with Crippen molar-refractivity contribution in [3.8, 4) is 0 Å². The van der Waals surface area contributed by atoms with Crippen molar-refractivity contribution in [2.75, 3.05) is 11.9 Å². The molecule has 1 aromatic heterocycles. The molecule has 2 heterocycles. The van der Waals surface area contributed by atoms with Gasteiger partial charge in [-0.25, -0.2) is 4.79 Å². The molecule has 1 aromatic carbocycles. The van der Waals surface area contributed by atoms with Gasteiger partial charge in [-0.15, -0.1) is 0 Å². The van der Waals surface area contributed by atoms with Gasteiger partial charge in [0.2, 0.25) is 0 Å². The first kappa shape index (κ1) is 20.7. The molecule has 3 rings (SSSR count). The number of nitrogens with one attached hydrogen (secondary N) is 1. The number of nitrogens with zero attached hydrogens (tertiary/aromatic N) is 2. The van der Waals surface area contributed by atoms with Gasteiger partial charge >= 0.3 is 11.7 Å². The lowest BCUT2D eigenvalue weighted by Gasteiger charge is -2.17. The van der Waals surface area contributed by atoms with Crippen LogP contribution in [0, 0.1) is 5.92 Å². The molecule has 0 spiro atoms. The Kier molecular flexibility index (Phi) is 6.40.